The number of anilines is 2. The number of carbonyl (C=O) groups excluding carboxylic acids is 2. The normalized spacial score (nSPS) is 10.3. The standard InChI is InChI=1S/C18H13ClFNO2.C12H10BrNO2.C6H5BClFO2/c1-11-13(8-9-23-11)18(22)21-17-5-3-2-4-15(17)14-7-6-12(19)10-16(14)20;1-8-9(6-7-16-8)12(15)14-11-5-3-2-4-10(11)13;8-4-1-2-5(7(10)11)6(9)3-4/h2-10H,1H3,(H,21,22);2-7H,1H3,(H,14,15);1-3,10-11H. The Kier molecular flexibility index (Phi) is 13.6. The number of aryl methyl sites for hydroxylation is 2. The van der Waals surface area contributed by atoms with Crippen LogP contribution in [0.15, 0.2) is 123 Å². The summed E-state index contributed by atoms with van der Waals surface area (Å²) in [4.78, 5) is 24.2. The fraction of sp³-hybridized carbons (Fsp3) is 0.0556. The zero-order valence-electron chi connectivity index (χ0n) is 26.4. The average molecular weight is 784 g/mol. The van der Waals surface area contributed by atoms with E-state index < -0.39 is 18.8 Å². The van der Waals surface area contributed by atoms with Crippen LogP contribution >= 0.6 is 39.1 Å². The van der Waals surface area contributed by atoms with E-state index in [1.54, 1.807) is 62.4 Å². The number of rotatable bonds is 6. The smallest absolute Gasteiger partial charge is 0.469 e. The van der Waals surface area contributed by atoms with Crippen LogP contribution in [0.4, 0.5) is 20.2 Å². The van der Waals surface area contributed by atoms with E-state index in [2.05, 4.69) is 26.6 Å². The summed E-state index contributed by atoms with van der Waals surface area (Å²) in [5.74, 6) is -0.496. The van der Waals surface area contributed by atoms with Gasteiger partial charge in [-0.3, -0.25) is 9.59 Å². The molecule has 256 valence electrons. The van der Waals surface area contributed by atoms with Gasteiger partial charge >= 0.3 is 7.12 Å². The lowest BCUT2D eigenvalue weighted by atomic mass is 9.80. The predicted octanol–water partition coefficient (Wildman–Crippen LogP) is 9.06. The molecule has 0 saturated carbocycles. The van der Waals surface area contributed by atoms with E-state index >= 15 is 0 Å². The Labute approximate surface area is 304 Å². The Hall–Kier alpha value is -4.72. The van der Waals surface area contributed by atoms with Crippen LogP contribution in [0, 0.1) is 25.5 Å². The summed E-state index contributed by atoms with van der Waals surface area (Å²) in [7, 11) is -1.78. The molecule has 6 rings (SSSR count). The first-order valence-corrected chi connectivity index (χ1v) is 16.2. The van der Waals surface area contributed by atoms with Crippen molar-refractivity contribution >= 4 is 74.9 Å². The maximum atomic E-state index is 14.2. The van der Waals surface area contributed by atoms with Crippen molar-refractivity contribution in [2.45, 2.75) is 13.8 Å². The third kappa shape index (κ3) is 10.2. The molecule has 0 aliphatic heterocycles. The molecule has 50 heavy (non-hydrogen) atoms. The molecule has 0 atom stereocenters. The topological polar surface area (TPSA) is 125 Å². The number of amides is 2. The second-order valence-corrected chi connectivity index (χ2v) is 12.1. The Morgan fingerprint density at radius 2 is 1.18 bits per heavy atom. The average Bonchev–Trinajstić information content (AvgIpc) is 3.71. The second-order valence-electron chi connectivity index (χ2n) is 10.4. The Balaban J connectivity index is 0.000000181. The fourth-order valence-corrected chi connectivity index (χ4v) is 5.13. The molecule has 4 N–H and O–H groups in total. The minimum Gasteiger partial charge on any atom is -0.469 e. The van der Waals surface area contributed by atoms with Gasteiger partial charge in [0.2, 0.25) is 0 Å². The number of benzene rings is 4. The molecule has 8 nitrogen and oxygen atoms in total. The number of hydrogen-bond donors (Lipinski definition) is 4. The lowest BCUT2D eigenvalue weighted by molar-refractivity contribution is 0.101. The highest BCUT2D eigenvalue weighted by atomic mass is 79.9. The SMILES string of the molecule is Cc1occc1C(=O)Nc1ccccc1-c1ccc(Cl)cc1F.Cc1occc1C(=O)Nc1ccccc1Br.OB(O)c1ccc(Cl)cc1F. The molecule has 0 spiro atoms. The van der Waals surface area contributed by atoms with Crippen LogP contribution in [-0.2, 0) is 0 Å². The molecule has 0 saturated heterocycles. The first kappa shape index (κ1) is 38.1. The van der Waals surface area contributed by atoms with Crippen molar-refractivity contribution in [1.29, 1.82) is 0 Å². The molecule has 2 heterocycles. The third-order valence-electron chi connectivity index (χ3n) is 6.97. The molecule has 4 aromatic carbocycles. The molecule has 0 aliphatic rings. The van der Waals surface area contributed by atoms with Crippen LogP contribution in [0.25, 0.3) is 11.1 Å². The molecule has 6 aromatic rings. The van der Waals surface area contributed by atoms with Crippen molar-refractivity contribution < 1.29 is 37.3 Å². The Morgan fingerprint density at radius 1 is 0.680 bits per heavy atom. The highest BCUT2D eigenvalue weighted by molar-refractivity contribution is 9.10. The number of nitrogens with one attached hydrogen (secondary N) is 2. The van der Waals surface area contributed by atoms with Crippen molar-refractivity contribution in [3.63, 3.8) is 0 Å². The molecule has 2 aromatic heterocycles. The van der Waals surface area contributed by atoms with Crippen molar-refractivity contribution in [2.75, 3.05) is 10.6 Å². The zero-order valence-corrected chi connectivity index (χ0v) is 29.5. The molecule has 0 fully saturated rings. The lowest BCUT2D eigenvalue weighted by Crippen LogP contribution is -2.32. The highest BCUT2D eigenvalue weighted by Crippen LogP contribution is 2.32. The van der Waals surface area contributed by atoms with Crippen molar-refractivity contribution in [1.82, 2.24) is 0 Å². The van der Waals surface area contributed by atoms with Crippen LogP contribution in [0.5, 0.6) is 0 Å². The number of halogens is 5. The number of furan rings is 2. The largest absolute Gasteiger partial charge is 0.491 e. The molecule has 0 unspecified atom stereocenters. The van der Waals surface area contributed by atoms with Crippen LogP contribution < -0.4 is 16.1 Å². The summed E-state index contributed by atoms with van der Waals surface area (Å²) >= 11 is 14.6. The number of hydrogen-bond acceptors (Lipinski definition) is 6. The van der Waals surface area contributed by atoms with Gasteiger partial charge in [0, 0.05) is 36.8 Å². The van der Waals surface area contributed by atoms with Gasteiger partial charge in [-0.05, 0) is 90.4 Å². The van der Waals surface area contributed by atoms with Gasteiger partial charge in [0.15, 0.2) is 0 Å². The third-order valence-corrected chi connectivity index (χ3v) is 8.13. The molecular formula is C36H28BBrCl2F2N2O6. The quantitative estimate of drug-likeness (QED) is 0.125. The van der Waals surface area contributed by atoms with Crippen molar-refractivity contribution in [3.05, 3.63) is 158 Å². The first-order valence-electron chi connectivity index (χ1n) is 14.7. The van der Waals surface area contributed by atoms with E-state index in [-0.39, 0.29) is 22.3 Å². The van der Waals surface area contributed by atoms with E-state index in [0.29, 0.717) is 44.5 Å². The summed E-state index contributed by atoms with van der Waals surface area (Å²) in [5.41, 5.74) is 3.03. The van der Waals surface area contributed by atoms with E-state index in [1.807, 2.05) is 24.3 Å². The summed E-state index contributed by atoms with van der Waals surface area (Å²) in [5, 5.41) is 23.3. The maximum absolute atomic E-state index is 14.2. The number of para-hydroxylation sites is 2. The summed E-state index contributed by atoms with van der Waals surface area (Å²) in [6.07, 6.45) is 2.96. The lowest BCUT2D eigenvalue weighted by Gasteiger charge is -2.12. The zero-order chi connectivity index (χ0) is 36.4. The second kappa shape index (κ2) is 17.8. The number of carbonyl (C=O) groups is 2. The van der Waals surface area contributed by atoms with Crippen LogP contribution in [0.1, 0.15) is 32.2 Å². The van der Waals surface area contributed by atoms with Crippen LogP contribution in [-0.4, -0.2) is 29.0 Å². The van der Waals surface area contributed by atoms with E-state index in [0.717, 1.165) is 16.2 Å². The Bertz CT molecular complexity index is 2110. The molecule has 0 aliphatic carbocycles. The van der Waals surface area contributed by atoms with Gasteiger partial charge in [-0.1, -0.05) is 59.6 Å². The van der Waals surface area contributed by atoms with Crippen molar-refractivity contribution in [3.8, 4) is 11.1 Å². The fourth-order valence-electron chi connectivity index (χ4n) is 4.43. The van der Waals surface area contributed by atoms with Gasteiger partial charge in [-0.15, -0.1) is 0 Å². The highest BCUT2D eigenvalue weighted by Gasteiger charge is 2.17. The van der Waals surface area contributed by atoms with Crippen LogP contribution in [0.3, 0.4) is 0 Å². The van der Waals surface area contributed by atoms with Gasteiger partial charge in [-0.25, -0.2) is 8.78 Å². The predicted molar refractivity (Wildman–Crippen MR) is 195 cm³/mol. The minimum absolute atomic E-state index is 0.168. The molecular weight excluding hydrogens is 756 g/mol. The molecule has 0 radical (unpaired) electrons. The van der Waals surface area contributed by atoms with E-state index in [4.69, 9.17) is 42.1 Å². The monoisotopic (exact) mass is 782 g/mol. The Morgan fingerprint density at radius 3 is 1.68 bits per heavy atom. The van der Waals surface area contributed by atoms with Gasteiger partial charge in [0.05, 0.1) is 29.3 Å². The van der Waals surface area contributed by atoms with Gasteiger partial charge in [0.1, 0.15) is 23.2 Å². The summed E-state index contributed by atoms with van der Waals surface area (Å²) in [6.45, 7) is 3.47. The first-order chi connectivity index (χ1) is 23.8. The minimum atomic E-state index is -1.78. The van der Waals surface area contributed by atoms with Gasteiger partial charge in [0.25, 0.3) is 11.8 Å². The van der Waals surface area contributed by atoms with E-state index in [9.17, 15) is 18.4 Å². The summed E-state index contributed by atoms with van der Waals surface area (Å²) < 4.78 is 37.9. The summed E-state index contributed by atoms with van der Waals surface area (Å²) in [6, 6.07) is 25.8. The van der Waals surface area contributed by atoms with Gasteiger partial charge in [-0.2, -0.15) is 0 Å². The maximum Gasteiger partial charge on any atom is 0.491 e. The van der Waals surface area contributed by atoms with Crippen molar-refractivity contribution in [2.24, 2.45) is 0 Å². The molecule has 14 heteroatoms. The van der Waals surface area contributed by atoms with Gasteiger partial charge < -0.3 is 29.5 Å². The van der Waals surface area contributed by atoms with Crippen LogP contribution in [0.2, 0.25) is 10.0 Å². The van der Waals surface area contributed by atoms with E-state index in [1.165, 1.54) is 30.7 Å². The molecule has 0 bridgehead atoms. The molecule has 2 amide bonds.